The summed E-state index contributed by atoms with van der Waals surface area (Å²) in [6.07, 6.45) is -0.0731. The van der Waals surface area contributed by atoms with Gasteiger partial charge in [-0.25, -0.2) is 21.6 Å². The summed E-state index contributed by atoms with van der Waals surface area (Å²) in [5.41, 5.74) is 0. The number of rotatable bonds is 5. The second kappa shape index (κ2) is 5.80. The highest BCUT2D eigenvalue weighted by Crippen LogP contribution is 2.24. The molecule has 0 aromatic heterocycles. The number of sulfonamides is 1. The lowest BCUT2D eigenvalue weighted by molar-refractivity contribution is -0.141. The lowest BCUT2D eigenvalue weighted by Gasteiger charge is -2.23. The summed E-state index contributed by atoms with van der Waals surface area (Å²) in [5, 5.41) is 8.89. The first kappa shape index (κ1) is 16.4. The summed E-state index contributed by atoms with van der Waals surface area (Å²) in [6.45, 7) is 1.42. The molecule has 0 spiro atoms. The quantitative estimate of drug-likeness (QED) is 0.838. The van der Waals surface area contributed by atoms with Gasteiger partial charge in [-0.05, 0) is 18.6 Å². The monoisotopic (exact) mass is 311 g/mol. The molecule has 5 nitrogen and oxygen atoms in total. The predicted octanol–water partition coefficient (Wildman–Crippen LogP) is 1.59. The molecule has 1 aromatic rings. The zero-order valence-corrected chi connectivity index (χ0v) is 11.4. The molecule has 20 heavy (non-hydrogen) atoms. The molecule has 0 radical (unpaired) electrons. The standard InChI is InChI=1S/C11H12F3NO4S/c1-3-7(11(16)17)15(2)20(18,19)8-5-4-6(12)9(13)10(8)14/h4-5,7H,3H2,1-2H3,(H,16,17). The van der Waals surface area contributed by atoms with Crippen LogP contribution in [0.15, 0.2) is 17.0 Å². The molecule has 9 heteroatoms. The van der Waals surface area contributed by atoms with Crippen molar-refractivity contribution in [2.75, 3.05) is 7.05 Å². The second-order valence-electron chi connectivity index (χ2n) is 3.96. The van der Waals surface area contributed by atoms with Gasteiger partial charge < -0.3 is 5.11 Å². The van der Waals surface area contributed by atoms with E-state index in [1.165, 1.54) is 6.92 Å². The molecule has 0 fully saturated rings. The average molecular weight is 311 g/mol. The lowest BCUT2D eigenvalue weighted by atomic mass is 10.2. The number of nitrogens with zero attached hydrogens (tertiary/aromatic N) is 1. The van der Waals surface area contributed by atoms with Crippen molar-refractivity contribution in [1.29, 1.82) is 0 Å². The van der Waals surface area contributed by atoms with Gasteiger partial charge in [-0.2, -0.15) is 4.31 Å². The molecule has 1 N–H and O–H groups in total. The maximum absolute atomic E-state index is 13.5. The van der Waals surface area contributed by atoms with Crippen molar-refractivity contribution in [3.63, 3.8) is 0 Å². The van der Waals surface area contributed by atoms with Gasteiger partial charge in [0.2, 0.25) is 10.0 Å². The summed E-state index contributed by atoms with van der Waals surface area (Å²) in [5.74, 6) is -6.77. The first-order valence-electron chi connectivity index (χ1n) is 5.48. The summed E-state index contributed by atoms with van der Waals surface area (Å²) in [7, 11) is -3.67. The number of carboxylic acid groups (broad SMARTS) is 1. The fraction of sp³-hybridized carbons (Fsp3) is 0.364. The van der Waals surface area contributed by atoms with Gasteiger partial charge in [-0.3, -0.25) is 4.79 Å². The largest absolute Gasteiger partial charge is 0.480 e. The molecule has 1 unspecified atom stereocenters. The third-order valence-corrected chi connectivity index (χ3v) is 4.65. The number of hydrogen-bond donors (Lipinski definition) is 1. The SMILES string of the molecule is CCC(C(=O)O)N(C)S(=O)(=O)c1ccc(F)c(F)c1F. The number of hydrogen-bond acceptors (Lipinski definition) is 3. The Balaban J connectivity index is 3.37. The minimum absolute atomic E-state index is 0.0731. The third kappa shape index (κ3) is 2.78. The van der Waals surface area contributed by atoms with E-state index in [1.807, 2.05) is 0 Å². The average Bonchev–Trinajstić information content (AvgIpc) is 2.36. The van der Waals surface area contributed by atoms with Gasteiger partial charge in [0.1, 0.15) is 10.9 Å². The molecule has 0 aliphatic heterocycles. The molecular weight excluding hydrogens is 299 g/mol. The maximum atomic E-state index is 13.5. The smallest absolute Gasteiger partial charge is 0.321 e. The van der Waals surface area contributed by atoms with Gasteiger partial charge >= 0.3 is 5.97 Å². The van der Waals surface area contributed by atoms with Gasteiger partial charge in [0.25, 0.3) is 0 Å². The van der Waals surface area contributed by atoms with Crippen LogP contribution in [0.3, 0.4) is 0 Å². The number of carboxylic acids is 1. The van der Waals surface area contributed by atoms with E-state index < -0.39 is 44.4 Å². The Labute approximate surface area is 113 Å². The number of benzene rings is 1. The third-order valence-electron chi connectivity index (χ3n) is 2.77. The molecule has 112 valence electrons. The first-order chi connectivity index (χ1) is 9.14. The lowest BCUT2D eigenvalue weighted by Crippen LogP contribution is -2.42. The van der Waals surface area contributed by atoms with Crippen LogP contribution in [0, 0.1) is 17.5 Å². The van der Waals surface area contributed by atoms with Crippen LogP contribution in [0.1, 0.15) is 13.3 Å². The van der Waals surface area contributed by atoms with Crippen LogP contribution >= 0.6 is 0 Å². The fourth-order valence-electron chi connectivity index (χ4n) is 1.62. The molecule has 0 amide bonds. The van der Waals surface area contributed by atoms with E-state index in [2.05, 4.69) is 0 Å². The molecule has 1 atom stereocenters. The van der Waals surface area contributed by atoms with E-state index in [0.29, 0.717) is 16.4 Å². The van der Waals surface area contributed by atoms with Gasteiger partial charge in [0.15, 0.2) is 17.5 Å². The van der Waals surface area contributed by atoms with Crippen molar-refractivity contribution in [2.24, 2.45) is 0 Å². The number of carbonyl (C=O) groups is 1. The van der Waals surface area contributed by atoms with E-state index in [1.54, 1.807) is 0 Å². The Hall–Kier alpha value is -1.61. The van der Waals surface area contributed by atoms with Crippen LogP contribution in [-0.4, -0.2) is 36.9 Å². The van der Waals surface area contributed by atoms with Crippen LogP contribution in [0.2, 0.25) is 0 Å². The first-order valence-corrected chi connectivity index (χ1v) is 6.92. The van der Waals surface area contributed by atoms with E-state index in [0.717, 1.165) is 7.05 Å². The predicted molar refractivity (Wildman–Crippen MR) is 63.0 cm³/mol. The highest BCUT2D eigenvalue weighted by atomic mass is 32.2. The zero-order chi connectivity index (χ0) is 15.7. The highest BCUT2D eigenvalue weighted by molar-refractivity contribution is 7.89. The zero-order valence-electron chi connectivity index (χ0n) is 10.6. The molecular formula is C11H12F3NO4S. The molecule has 0 bridgehead atoms. The van der Waals surface area contributed by atoms with Crippen molar-refractivity contribution < 1.29 is 31.5 Å². The minimum atomic E-state index is -4.59. The molecule has 0 saturated heterocycles. The summed E-state index contributed by atoms with van der Waals surface area (Å²) in [4.78, 5) is 9.81. The fourth-order valence-corrected chi connectivity index (χ4v) is 3.06. The van der Waals surface area contributed by atoms with Gasteiger partial charge in [0.05, 0.1) is 0 Å². The molecule has 0 aliphatic rings. The Bertz CT molecular complexity index is 633. The summed E-state index contributed by atoms with van der Waals surface area (Å²) >= 11 is 0. The van der Waals surface area contributed by atoms with Crippen LogP contribution in [0.25, 0.3) is 0 Å². The van der Waals surface area contributed by atoms with Crippen molar-refractivity contribution in [2.45, 2.75) is 24.3 Å². The van der Waals surface area contributed by atoms with E-state index in [4.69, 9.17) is 5.11 Å². The van der Waals surface area contributed by atoms with Crippen LogP contribution in [0.5, 0.6) is 0 Å². The highest BCUT2D eigenvalue weighted by Gasteiger charge is 2.34. The van der Waals surface area contributed by atoms with Gasteiger partial charge in [0, 0.05) is 7.05 Å². The van der Waals surface area contributed by atoms with Crippen molar-refractivity contribution >= 4 is 16.0 Å². The van der Waals surface area contributed by atoms with Crippen molar-refractivity contribution in [3.8, 4) is 0 Å². The Morgan fingerprint density at radius 1 is 1.30 bits per heavy atom. The summed E-state index contributed by atoms with van der Waals surface area (Å²) < 4.78 is 63.9. The van der Waals surface area contributed by atoms with Crippen LogP contribution in [0.4, 0.5) is 13.2 Å². The van der Waals surface area contributed by atoms with E-state index in [9.17, 15) is 26.4 Å². The molecule has 0 aliphatic carbocycles. The number of halogens is 3. The molecule has 0 heterocycles. The number of likely N-dealkylation sites (N-methyl/N-ethyl adjacent to an activating group) is 1. The number of aliphatic carboxylic acids is 1. The van der Waals surface area contributed by atoms with E-state index >= 15 is 0 Å². The second-order valence-corrected chi connectivity index (χ2v) is 5.92. The van der Waals surface area contributed by atoms with E-state index in [-0.39, 0.29) is 6.42 Å². The van der Waals surface area contributed by atoms with Gasteiger partial charge in [-0.15, -0.1) is 0 Å². The minimum Gasteiger partial charge on any atom is -0.480 e. The maximum Gasteiger partial charge on any atom is 0.321 e. The topological polar surface area (TPSA) is 74.7 Å². The summed E-state index contributed by atoms with van der Waals surface area (Å²) in [6, 6.07) is -0.429. The molecule has 1 aromatic carbocycles. The van der Waals surface area contributed by atoms with Crippen LogP contribution in [-0.2, 0) is 14.8 Å². The van der Waals surface area contributed by atoms with Crippen LogP contribution < -0.4 is 0 Å². The van der Waals surface area contributed by atoms with Crippen molar-refractivity contribution in [1.82, 2.24) is 4.31 Å². The normalized spacial score (nSPS) is 13.5. The molecule has 0 saturated carbocycles. The molecule has 1 rings (SSSR count). The Morgan fingerprint density at radius 2 is 1.85 bits per heavy atom. The Morgan fingerprint density at radius 3 is 2.30 bits per heavy atom. The van der Waals surface area contributed by atoms with Gasteiger partial charge in [-0.1, -0.05) is 6.92 Å². The Kier molecular flexibility index (Phi) is 4.77. The van der Waals surface area contributed by atoms with Crippen molar-refractivity contribution in [3.05, 3.63) is 29.6 Å².